The van der Waals surface area contributed by atoms with Gasteiger partial charge in [0.15, 0.2) is 0 Å². The van der Waals surface area contributed by atoms with Crippen molar-refractivity contribution < 1.29 is 14.5 Å². The third-order valence-corrected chi connectivity index (χ3v) is 6.32. The zero-order chi connectivity index (χ0) is 24.8. The van der Waals surface area contributed by atoms with Gasteiger partial charge in [-0.05, 0) is 28.8 Å². The predicted octanol–water partition coefficient (Wildman–Crippen LogP) is 5.54. The van der Waals surface area contributed by atoms with Crippen LogP contribution in [0.25, 0.3) is 10.9 Å². The van der Waals surface area contributed by atoms with Crippen LogP contribution in [-0.4, -0.2) is 35.7 Å². The molecule has 180 valence electrons. The highest BCUT2D eigenvalue weighted by Gasteiger charge is 2.25. The molecule has 35 heavy (non-hydrogen) atoms. The summed E-state index contributed by atoms with van der Waals surface area (Å²) in [7, 11) is 1.58. The number of nitro benzene ring substituents is 1. The maximum atomic E-state index is 12.9. The minimum Gasteiger partial charge on any atom is -0.383 e. The van der Waals surface area contributed by atoms with Crippen LogP contribution in [0.2, 0.25) is 5.02 Å². The first-order valence-electron chi connectivity index (χ1n) is 11.3. The van der Waals surface area contributed by atoms with E-state index in [1.165, 1.54) is 6.07 Å². The number of rotatable bonds is 10. The van der Waals surface area contributed by atoms with Gasteiger partial charge in [-0.2, -0.15) is 0 Å². The van der Waals surface area contributed by atoms with Gasteiger partial charge in [0, 0.05) is 66.8 Å². The number of amides is 1. The van der Waals surface area contributed by atoms with E-state index in [1.54, 1.807) is 25.3 Å². The topological polar surface area (TPSA) is 86.4 Å². The van der Waals surface area contributed by atoms with Gasteiger partial charge < -0.3 is 14.6 Å². The van der Waals surface area contributed by atoms with Gasteiger partial charge in [0.1, 0.15) is 0 Å². The highest BCUT2D eigenvalue weighted by atomic mass is 35.5. The van der Waals surface area contributed by atoms with Crippen LogP contribution in [0, 0.1) is 10.1 Å². The second kappa shape index (κ2) is 11.2. The number of ether oxygens (including phenoxy) is 1. The van der Waals surface area contributed by atoms with Crippen LogP contribution in [0.5, 0.6) is 0 Å². The Balaban J connectivity index is 1.84. The number of benzene rings is 3. The van der Waals surface area contributed by atoms with E-state index in [4.69, 9.17) is 16.3 Å². The van der Waals surface area contributed by atoms with Gasteiger partial charge >= 0.3 is 0 Å². The van der Waals surface area contributed by atoms with Crippen LogP contribution in [0.3, 0.4) is 0 Å². The Hall–Kier alpha value is -3.68. The van der Waals surface area contributed by atoms with Gasteiger partial charge in [-0.15, -0.1) is 0 Å². The molecule has 0 radical (unpaired) electrons. The molecule has 1 aromatic heterocycles. The first-order chi connectivity index (χ1) is 17.0. The number of hydrogen-bond acceptors (Lipinski definition) is 4. The maximum Gasteiger partial charge on any atom is 0.270 e. The van der Waals surface area contributed by atoms with Crippen molar-refractivity contribution in [2.75, 3.05) is 20.3 Å². The number of aromatic nitrogens is 1. The Bertz CT molecular complexity index is 1340. The number of carbonyl (C=O) groups is 1. The summed E-state index contributed by atoms with van der Waals surface area (Å²) in [6.45, 7) is 1.39. The highest BCUT2D eigenvalue weighted by molar-refractivity contribution is 6.31. The Kier molecular flexibility index (Phi) is 7.80. The molecule has 1 N–H and O–H groups in total. The van der Waals surface area contributed by atoms with Crippen LogP contribution < -0.4 is 5.32 Å². The number of nitrogens with one attached hydrogen (secondary N) is 1. The van der Waals surface area contributed by atoms with Gasteiger partial charge in [-0.25, -0.2) is 0 Å². The average molecular weight is 492 g/mol. The van der Waals surface area contributed by atoms with Crippen LogP contribution in [0.15, 0.2) is 79.0 Å². The maximum absolute atomic E-state index is 12.9. The second-order valence-electron chi connectivity index (χ2n) is 8.28. The summed E-state index contributed by atoms with van der Waals surface area (Å²) >= 11 is 6.58. The summed E-state index contributed by atoms with van der Waals surface area (Å²) in [5.41, 5.74) is 3.56. The van der Waals surface area contributed by atoms with Crippen molar-refractivity contribution in [3.05, 3.63) is 111 Å². The fraction of sp³-hybridized carbons (Fsp3) is 0.222. The van der Waals surface area contributed by atoms with E-state index < -0.39 is 10.8 Å². The van der Waals surface area contributed by atoms with Crippen LogP contribution in [0.1, 0.15) is 29.0 Å². The van der Waals surface area contributed by atoms with Gasteiger partial charge in [0.25, 0.3) is 5.69 Å². The summed E-state index contributed by atoms with van der Waals surface area (Å²) in [5.74, 6) is -0.547. The fourth-order valence-corrected chi connectivity index (χ4v) is 4.58. The standard InChI is InChI=1S/C27H26ClN3O4/c1-35-14-13-29-27(32)16-22(21-9-5-6-10-25(21)28)24-18-30(17-19-7-3-2-4-8-19)26-12-11-20(31(33)34)15-23(24)26/h2-12,15,18,22H,13-14,16-17H2,1H3,(H,29,32)/t22-/m0/s1. The summed E-state index contributed by atoms with van der Waals surface area (Å²) in [6.07, 6.45) is 2.12. The number of nitrogens with zero attached hydrogens (tertiary/aromatic N) is 2. The number of fused-ring (bicyclic) bond motifs is 1. The Morgan fingerprint density at radius 3 is 2.54 bits per heavy atom. The average Bonchev–Trinajstić information content (AvgIpc) is 3.21. The Morgan fingerprint density at radius 2 is 1.83 bits per heavy atom. The summed E-state index contributed by atoms with van der Waals surface area (Å²) in [6, 6.07) is 22.2. The molecular weight excluding hydrogens is 466 g/mol. The minimum atomic E-state index is -0.403. The molecule has 0 fully saturated rings. The second-order valence-corrected chi connectivity index (χ2v) is 8.68. The van der Waals surface area contributed by atoms with Crippen molar-refractivity contribution in [2.45, 2.75) is 18.9 Å². The molecule has 0 unspecified atom stereocenters. The molecule has 4 aromatic rings. The summed E-state index contributed by atoms with van der Waals surface area (Å²) in [5, 5.41) is 15.7. The van der Waals surface area contributed by atoms with Crippen molar-refractivity contribution in [3.63, 3.8) is 0 Å². The van der Waals surface area contributed by atoms with Crippen LogP contribution in [0.4, 0.5) is 5.69 Å². The molecule has 0 saturated carbocycles. The lowest BCUT2D eigenvalue weighted by molar-refractivity contribution is -0.384. The Labute approximate surface area is 208 Å². The van der Waals surface area contributed by atoms with Crippen molar-refractivity contribution in [1.82, 2.24) is 9.88 Å². The van der Waals surface area contributed by atoms with Crippen molar-refractivity contribution >= 4 is 34.1 Å². The lowest BCUT2D eigenvalue weighted by atomic mass is 9.88. The lowest BCUT2D eigenvalue weighted by Gasteiger charge is -2.18. The van der Waals surface area contributed by atoms with E-state index in [-0.39, 0.29) is 18.0 Å². The molecule has 0 spiro atoms. The number of halogens is 1. The first-order valence-corrected chi connectivity index (χ1v) is 11.7. The summed E-state index contributed by atoms with van der Waals surface area (Å²) < 4.78 is 7.10. The predicted molar refractivity (Wildman–Crippen MR) is 137 cm³/mol. The molecule has 0 aliphatic rings. The van der Waals surface area contributed by atoms with Gasteiger partial charge in [-0.1, -0.05) is 60.1 Å². The van der Waals surface area contributed by atoms with Gasteiger partial charge in [0.05, 0.1) is 11.5 Å². The van der Waals surface area contributed by atoms with Crippen molar-refractivity contribution in [1.29, 1.82) is 0 Å². The Morgan fingerprint density at radius 1 is 1.09 bits per heavy atom. The van der Waals surface area contributed by atoms with E-state index in [0.29, 0.717) is 24.7 Å². The monoisotopic (exact) mass is 491 g/mol. The van der Waals surface area contributed by atoms with Gasteiger partial charge in [-0.3, -0.25) is 14.9 Å². The fourth-order valence-electron chi connectivity index (χ4n) is 4.31. The molecule has 4 rings (SSSR count). The third-order valence-electron chi connectivity index (χ3n) is 5.98. The molecule has 1 heterocycles. The molecule has 1 atom stereocenters. The molecule has 0 saturated heterocycles. The van der Waals surface area contributed by atoms with E-state index in [0.717, 1.165) is 27.6 Å². The number of hydrogen-bond donors (Lipinski definition) is 1. The number of nitro groups is 1. The molecule has 0 bridgehead atoms. The zero-order valence-corrected chi connectivity index (χ0v) is 20.1. The summed E-state index contributed by atoms with van der Waals surface area (Å²) in [4.78, 5) is 24.0. The smallest absolute Gasteiger partial charge is 0.270 e. The normalized spacial score (nSPS) is 11.9. The quantitative estimate of drug-likeness (QED) is 0.179. The zero-order valence-electron chi connectivity index (χ0n) is 19.3. The number of methoxy groups -OCH3 is 1. The van der Waals surface area contributed by atoms with E-state index in [1.807, 2.05) is 54.7 Å². The lowest BCUT2D eigenvalue weighted by Crippen LogP contribution is -2.28. The molecule has 0 aliphatic carbocycles. The first kappa shape index (κ1) is 24.4. The molecule has 1 amide bonds. The molecule has 3 aromatic carbocycles. The SMILES string of the molecule is COCCNC(=O)C[C@@H](c1ccccc1Cl)c1cn(Cc2ccccc2)c2ccc([N+](=O)[O-])cc12. The van der Waals surface area contributed by atoms with E-state index in [2.05, 4.69) is 9.88 Å². The van der Waals surface area contributed by atoms with Crippen LogP contribution in [-0.2, 0) is 16.1 Å². The largest absolute Gasteiger partial charge is 0.383 e. The molecule has 8 heteroatoms. The third kappa shape index (κ3) is 5.70. The van der Waals surface area contributed by atoms with E-state index >= 15 is 0 Å². The van der Waals surface area contributed by atoms with E-state index in [9.17, 15) is 14.9 Å². The number of non-ortho nitro benzene ring substituents is 1. The minimum absolute atomic E-state index is 0.00124. The highest BCUT2D eigenvalue weighted by Crippen LogP contribution is 2.39. The molecule has 0 aliphatic heterocycles. The molecular formula is C27H26ClN3O4. The van der Waals surface area contributed by atoms with Gasteiger partial charge in [0.2, 0.25) is 5.91 Å². The van der Waals surface area contributed by atoms with Crippen molar-refractivity contribution in [3.8, 4) is 0 Å². The molecule has 7 nitrogen and oxygen atoms in total. The van der Waals surface area contributed by atoms with Crippen LogP contribution >= 0.6 is 11.6 Å². The number of carbonyl (C=O) groups excluding carboxylic acids is 1. The van der Waals surface area contributed by atoms with Crippen molar-refractivity contribution in [2.24, 2.45) is 0 Å².